The molecular formula is C16H27NO2S. The Kier molecular flexibility index (Phi) is 4.32. The van der Waals surface area contributed by atoms with Crippen LogP contribution in [-0.4, -0.2) is 36.2 Å². The predicted octanol–water partition coefficient (Wildman–Crippen LogP) is 2.84. The third-order valence-electron chi connectivity index (χ3n) is 5.32. The quantitative estimate of drug-likeness (QED) is 0.819. The Balaban J connectivity index is 1.49. The fourth-order valence-corrected chi connectivity index (χ4v) is 6.62. The van der Waals surface area contributed by atoms with Gasteiger partial charge in [-0.1, -0.05) is 0 Å². The lowest BCUT2D eigenvalue weighted by Gasteiger charge is -2.56. The highest BCUT2D eigenvalue weighted by atomic mass is 32.2. The van der Waals surface area contributed by atoms with Crippen LogP contribution in [0.1, 0.15) is 45.4 Å². The zero-order chi connectivity index (χ0) is 14.2. The third kappa shape index (κ3) is 3.16. The molecule has 1 N–H and O–H groups in total. The fraction of sp³-hybridized carbons (Fsp3) is 0.938. The second-order valence-electron chi connectivity index (χ2n) is 7.31. The molecule has 0 unspecified atom stereocenters. The van der Waals surface area contributed by atoms with Crippen LogP contribution >= 0.6 is 11.8 Å². The largest absolute Gasteiger partial charge is 0.383 e. The molecule has 4 aliphatic rings. The summed E-state index contributed by atoms with van der Waals surface area (Å²) in [7, 11) is 1.67. The molecule has 4 heteroatoms. The van der Waals surface area contributed by atoms with Crippen LogP contribution in [0.2, 0.25) is 0 Å². The number of thioether (sulfide) groups is 1. The van der Waals surface area contributed by atoms with Gasteiger partial charge in [0.05, 0.1) is 12.4 Å². The number of carbonyl (C=O) groups is 1. The fourth-order valence-electron chi connectivity index (χ4n) is 5.03. The van der Waals surface area contributed by atoms with Gasteiger partial charge < -0.3 is 10.1 Å². The number of rotatable bonds is 6. The van der Waals surface area contributed by atoms with Gasteiger partial charge in [-0.2, -0.15) is 0 Å². The van der Waals surface area contributed by atoms with E-state index in [2.05, 4.69) is 5.32 Å². The first-order chi connectivity index (χ1) is 9.58. The molecule has 0 spiro atoms. The second-order valence-corrected chi connectivity index (χ2v) is 8.76. The van der Waals surface area contributed by atoms with Crippen LogP contribution < -0.4 is 5.32 Å². The van der Waals surface area contributed by atoms with Crippen molar-refractivity contribution in [3.63, 3.8) is 0 Å². The van der Waals surface area contributed by atoms with Gasteiger partial charge in [-0.3, -0.25) is 4.79 Å². The standard InChI is InChI=1S/C16H27NO2S/c1-11(9-19-2)17-15(18)10-20-16-6-12-3-13(7-16)5-14(4-12)8-16/h11-14H,3-10H2,1-2H3,(H,17,18)/t11-,12?,13?,14?,16?/m1/s1. The lowest BCUT2D eigenvalue weighted by molar-refractivity contribution is -0.119. The van der Waals surface area contributed by atoms with E-state index in [1.807, 2.05) is 18.7 Å². The maximum atomic E-state index is 12.0. The summed E-state index contributed by atoms with van der Waals surface area (Å²) in [4.78, 5) is 12.0. The maximum absolute atomic E-state index is 12.0. The number of methoxy groups -OCH3 is 1. The molecule has 0 aromatic rings. The molecule has 0 aromatic heterocycles. The van der Waals surface area contributed by atoms with Gasteiger partial charge in [0, 0.05) is 17.9 Å². The minimum Gasteiger partial charge on any atom is -0.383 e. The van der Waals surface area contributed by atoms with Crippen molar-refractivity contribution >= 4 is 17.7 Å². The molecule has 4 bridgehead atoms. The smallest absolute Gasteiger partial charge is 0.230 e. The molecule has 4 saturated carbocycles. The van der Waals surface area contributed by atoms with Crippen molar-refractivity contribution in [2.24, 2.45) is 17.8 Å². The molecule has 114 valence electrons. The van der Waals surface area contributed by atoms with Crippen molar-refractivity contribution in [3.8, 4) is 0 Å². The molecule has 4 fully saturated rings. The molecular weight excluding hydrogens is 270 g/mol. The molecule has 1 atom stereocenters. The first-order valence-electron chi connectivity index (χ1n) is 8.01. The highest BCUT2D eigenvalue weighted by Gasteiger charge is 2.51. The highest BCUT2D eigenvalue weighted by molar-refractivity contribution is 8.01. The van der Waals surface area contributed by atoms with Crippen LogP contribution in [-0.2, 0) is 9.53 Å². The van der Waals surface area contributed by atoms with Crippen molar-refractivity contribution in [1.82, 2.24) is 5.32 Å². The van der Waals surface area contributed by atoms with Gasteiger partial charge in [0.2, 0.25) is 5.91 Å². The van der Waals surface area contributed by atoms with Crippen LogP contribution in [0.4, 0.5) is 0 Å². The van der Waals surface area contributed by atoms with Crippen molar-refractivity contribution in [1.29, 1.82) is 0 Å². The van der Waals surface area contributed by atoms with E-state index in [-0.39, 0.29) is 11.9 Å². The number of hydrogen-bond acceptors (Lipinski definition) is 3. The van der Waals surface area contributed by atoms with Crippen molar-refractivity contribution < 1.29 is 9.53 Å². The zero-order valence-electron chi connectivity index (χ0n) is 12.7. The Hall–Kier alpha value is -0.220. The molecule has 0 radical (unpaired) electrons. The van der Waals surface area contributed by atoms with Crippen molar-refractivity contribution in [2.75, 3.05) is 19.5 Å². The monoisotopic (exact) mass is 297 g/mol. The molecule has 1 amide bonds. The van der Waals surface area contributed by atoms with E-state index < -0.39 is 0 Å². The third-order valence-corrected chi connectivity index (χ3v) is 6.83. The molecule has 0 aliphatic heterocycles. The number of ether oxygens (including phenoxy) is 1. The summed E-state index contributed by atoms with van der Waals surface area (Å²) in [5, 5.41) is 3.03. The summed E-state index contributed by atoms with van der Waals surface area (Å²) in [6.07, 6.45) is 8.50. The average Bonchev–Trinajstić information content (AvgIpc) is 2.35. The Morgan fingerprint density at radius 2 is 1.80 bits per heavy atom. The van der Waals surface area contributed by atoms with E-state index in [0.717, 1.165) is 17.8 Å². The Morgan fingerprint density at radius 3 is 2.30 bits per heavy atom. The summed E-state index contributed by atoms with van der Waals surface area (Å²) in [5.74, 6) is 3.69. The number of carbonyl (C=O) groups excluding carboxylic acids is 1. The van der Waals surface area contributed by atoms with E-state index in [1.54, 1.807) is 7.11 Å². The van der Waals surface area contributed by atoms with Gasteiger partial charge in [-0.05, 0) is 63.2 Å². The summed E-state index contributed by atoms with van der Waals surface area (Å²) in [6.45, 7) is 2.59. The summed E-state index contributed by atoms with van der Waals surface area (Å²) in [6, 6.07) is 0.115. The predicted molar refractivity (Wildman–Crippen MR) is 82.8 cm³/mol. The van der Waals surface area contributed by atoms with Gasteiger partial charge in [0.15, 0.2) is 0 Å². The first-order valence-corrected chi connectivity index (χ1v) is 8.99. The molecule has 3 nitrogen and oxygen atoms in total. The van der Waals surface area contributed by atoms with E-state index >= 15 is 0 Å². The average molecular weight is 297 g/mol. The molecule has 4 rings (SSSR count). The Bertz CT molecular complexity index is 336. The van der Waals surface area contributed by atoms with E-state index in [0.29, 0.717) is 17.1 Å². The van der Waals surface area contributed by atoms with Crippen LogP contribution in [0.25, 0.3) is 0 Å². The van der Waals surface area contributed by atoms with Gasteiger partial charge in [-0.15, -0.1) is 11.8 Å². The zero-order valence-corrected chi connectivity index (χ0v) is 13.5. The van der Waals surface area contributed by atoms with E-state index in [9.17, 15) is 4.79 Å². The number of nitrogens with one attached hydrogen (secondary N) is 1. The van der Waals surface area contributed by atoms with Crippen molar-refractivity contribution in [2.45, 2.75) is 56.2 Å². The molecule has 0 aromatic carbocycles. The van der Waals surface area contributed by atoms with Gasteiger partial charge in [-0.25, -0.2) is 0 Å². The van der Waals surface area contributed by atoms with Crippen LogP contribution in [0.15, 0.2) is 0 Å². The minimum atomic E-state index is 0.115. The van der Waals surface area contributed by atoms with Gasteiger partial charge in [0.25, 0.3) is 0 Å². The Labute approximate surface area is 126 Å². The van der Waals surface area contributed by atoms with Gasteiger partial charge >= 0.3 is 0 Å². The summed E-state index contributed by atoms with van der Waals surface area (Å²) in [5.41, 5.74) is 0. The Morgan fingerprint density at radius 1 is 1.25 bits per heavy atom. The molecule has 20 heavy (non-hydrogen) atoms. The molecule has 0 saturated heterocycles. The number of amides is 1. The van der Waals surface area contributed by atoms with Crippen LogP contribution in [0.5, 0.6) is 0 Å². The maximum Gasteiger partial charge on any atom is 0.230 e. The van der Waals surface area contributed by atoms with Crippen LogP contribution in [0, 0.1) is 17.8 Å². The molecule has 0 heterocycles. The van der Waals surface area contributed by atoms with Crippen molar-refractivity contribution in [3.05, 3.63) is 0 Å². The SMILES string of the molecule is COC[C@@H](C)NC(=O)CSC12CC3CC(CC(C3)C1)C2. The lowest BCUT2D eigenvalue weighted by Crippen LogP contribution is -2.49. The normalized spacial score (nSPS) is 39.8. The summed E-state index contributed by atoms with van der Waals surface area (Å²) < 4.78 is 5.50. The highest BCUT2D eigenvalue weighted by Crippen LogP contribution is 2.60. The second kappa shape index (κ2) is 5.88. The first kappa shape index (κ1) is 14.7. The molecule has 4 aliphatic carbocycles. The van der Waals surface area contributed by atoms with Gasteiger partial charge in [0.1, 0.15) is 0 Å². The lowest BCUT2D eigenvalue weighted by atomic mass is 9.56. The van der Waals surface area contributed by atoms with Crippen LogP contribution in [0.3, 0.4) is 0 Å². The van der Waals surface area contributed by atoms with E-state index in [1.165, 1.54) is 38.5 Å². The topological polar surface area (TPSA) is 38.3 Å². The number of hydrogen-bond donors (Lipinski definition) is 1. The minimum absolute atomic E-state index is 0.115. The van der Waals surface area contributed by atoms with E-state index in [4.69, 9.17) is 4.74 Å². The summed E-state index contributed by atoms with van der Waals surface area (Å²) >= 11 is 1.95.